The molecule has 1 saturated heterocycles. The van der Waals surface area contributed by atoms with Gasteiger partial charge in [0.05, 0.1) is 19.6 Å². The zero-order valence-electron chi connectivity index (χ0n) is 16.1. The van der Waals surface area contributed by atoms with Crippen LogP contribution in [0.4, 0.5) is 5.82 Å². The Labute approximate surface area is 168 Å². The van der Waals surface area contributed by atoms with Crippen molar-refractivity contribution in [1.82, 2.24) is 9.55 Å². The quantitative estimate of drug-likeness (QED) is 0.823. The van der Waals surface area contributed by atoms with Crippen molar-refractivity contribution in [3.8, 4) is 5.75 Å². The second kappa shape index (κ2) is 8.22. The number of carboxylic acid groups (broad SMARTS) is 1. The lowest BCUT2D eigenvalue weighted by Crippen LogP contribution is -2.51. The highest BCUT2D eigenvalue weighted by molar-refractivity contribution is 6.29. The third kappa shape index (κ3) is 3.99. The molecule has 3 unspecified atom stereocenters. The monoisotopic (exact) mass is 405 g/mol. The number of carbonyl (C=O) groups is 1. The van der Waals surface area contributed by atoms with E-state index in [0.29, 0.717) is 19.5 Å². The highest BCUT2D eigenvalue weighted by Gasteiger charge is 2.38. The summed E-state index contributed by atoms with van der Waals surface area (Å²) < 4.78 is 6.69. The predicted octanol–water partition coefficient (Wildman–Crippen LogP) is 2.89. The highest BCUT2D eigenvalue weighted by atomic mass is 35.5. The van der Waals surface area contributed by atoms with Gasteiger partial charge >= 0.3 is 5.97 Å². The summed E-state index contributed by atoms with van der Waals surface area (Å²) in [5.74, 6) is -0.318. The Kier molecular flexibility index (Phi) is 5.93. The van der Waals surface area contributed by atoms with Gasteiger partial charge in [0.25, 0.3) is 5.56 Å². The fourth-order valence-electron chi connectivity index (χ4n) is 3.74. The van der Waals surface area contributed by atoms with Crippen molar-refractivity contribution in [3.05, 3.63) is 51.5 Å². The molecular weight excluding hydrogens is 382 g/mol. The number of ether oxygens (including phenoxy) is 1. The number of halogens is 1. The molecule has 0 spiro atoms. The molecule has 28 heavy (non-hydrogen) atoms. The van der Waals surface area contributed by atoms with Crippen molar-refractivity contribution in [2.45, 2.75) is 32.9 Å². The van der Waals surface area contributed by atoms with Crippen LogP contribution in [0, 0.1) is 11.8 Å². The number of hydrogen-bond acceptors (Lipinski definition) is 5. The Morgan fingerprint density at radius 2 is 2.00 bits per heavy atom. The molecule has 150 valence electrons. The molecule has 0 aliphatic carbocycles. The molecule has 8 heteroatoms. The number of aromatic nitrogens is 2. The third-order valence-corrected chi connectivity index (χ3v) is 5.78. The molecule has 2 aromatic rings. The van der Waals surface area contributed by atoms with Crippen LogP contribution >= 0.6 is 11.6 Å². The van der Waals surface area contributed by atoms with Crippen LogP contribution in [0.15, 0.2) is 35.3 Å². The zero-order chi connectivity index (χ0) is 20.4. The molecule has 0 saturated carbocycles. The van der Waals surface area contributed by atoms with Gasteiger partial charge in [-0.25, -0.2) is 4.98 Å². The average molecular weight is 406 g/mol. The summed E-state index contributed by atoms with van der Waals surface area (Å²) in [6.45, 7) is 4.63. The summed E-state index contributed by atoms with van der Waals surface area (Å²) in [5, 5.41) is 9.62. The number of anilines is 1. The van der Waals surface area contributed by atoms with Crippen LogP contribution in [0.25, 0.3) is 0 Å². The lowest BCUT2D eigenvalue weighted by molar-refractivity contribution is -0.144. The molecule has 1 fully saturated rings. The molecular formula is C20H24ClN3O4. The number of nitrogens with zero attached hydrogens (tertiary/aromatic N) is 3. The normalized spacial score (nSPS) is 22.1. The van der Waals surface area contributed by atoms with Crippen molar-refractivity contribution in [1.29, 1.82) is 0 Å². The summed E-state index contributed by atoms with van der Waals surface area (Å²) in [5.41, 5.74) is 0.690. The van der Waals surface area contributed by atoms with Gasteiger partial charge in [-0.05, 0) is 37.0 Å². The number of aliphatic carboxylic acids is 1. The number of piperidine rings is 1. The van der Waals surface area contributed by atoms with E-state index in [9.17, 15) is 14.7 Å². The summed E-state index contributed by atoms with van der Waals surface area (Å²) in [6.07, 6.45) is 1.99. The second-order valence-corrected chi connectivity index (χ2v) is 7.58. The number of rotatable bonds is 5. The van der Waals surface area contributed by atoms with Crippen molar-refractivity contribution in [3.63, 3.8) is 0 Å². The smallest absolute Gasteiger partial charge is 0.306 e. The van der Waals surface area contributed by atoms with Gasteiger partial charge in [0.1, 0.15) is 10.9 Å². The van der Waals surface area contributed by atoms with Crippen LogP contribution in [-0.2, 0) is 11.3 Å². The molecule has 7 nitrogen and oxygen atoms in total. The van der Waals surface area contributed by atoms with Gasteiger partial charge < -0.3 is 19.3 Å². The van der Waals surface area contributed by atoms with Crippen molar-refractivity contribution in [2.75, 3.05) is 18.6 Å². The van der Waals surface area contributed by atoms with Crippen molar-refractivity contribution >= 4 is 23.4 Å². The summed E-state index contributed by atoms with van der Waals surface area (Å²) >= 11 is 6.21. The molecule has 1 N–H and O–H groups in total. The molecule has 0 radical (unpaired) electrons. The van der Waals surface area contributed by atoms with Gasteiger partial charge in [0.15, 0.2) is 5.82 Å². The van der Waals surface area contributed by atoms with E-state index in [1.807, 2.05) is 43.0 Å². The number of hydrogen-bond donors (Lipinski definition) is 1. The lowest BCUT2D eigenvalue weighted by atomic mass is 9.81. The van der Waals surface area contributed by atoms with Gasteiger partial charge in [-0.2, -0.15) is 0 Å². The fourth-order valence-corrected chi connectivity index (χ4v) is 3.94. The first-order valence-electron chi connectivity index (χ1n) is 9.21. The molecule has 0 bridgehead atoms. The maximum absolute atomic E-state index is 13.1. The first kappa shape index (κ1) is 20.2. The molecule has 3 atom stereocenters. The van der Waals surface area contributed by atoms with Crippen LogP contribution in [0.2, 0.25) is 5.15 Å². The van der Waals surface area contributed by atoms with Crippen molar-refractivity contribution < 1.29 is 14.6 Å². The van der Waals surface area contributed by atoms with Crippen LogP contribution in [-0.4, -0.2) is 40.3 Å². The van der Waals surface area contributed by atoms with Gasteiger partial charge in [0.2, 0.25) is 0 Å². The highest BCUT2D eigenvalue weighted by Crippen LogP contribution is 2.31. The van der Waals surface area contributed by atoms with E-state index >= 15 is 0 Å². The van der Waals surface area contributed by atoms with Crippen LogP contribution in [0.1, 0.15) is 25.8 Å². The average Bonchev–Trinajstić information content (AvgIpc) is 2.67. The number of benzene rings is 1. The zero-order valence-corrected chi connectivity index (χ0v) is 16.9. The van der Waals surface area contributed by atoms with E-state index in [1.165, 1.54) is 10.8 Å². The largest absolute Gasteiger partial charge is 0.497 e. The van der Waals surface area contributed by atoms with E-state index in [1.54, 1.807) is 7.11 Å². The van der Waals surface area contributed by atoms with Gasteiger partial charge in [-0.3, -0.25) is 9.59 Å². The fraction of sp³-hybridized carbons (Fsp3) is 0.450. The predicted molar refractivity (Wildman–Crippen MR) is 107 cm³/mol. The first-order valence-corrected chi connectivity index (χ1v) is 9.59. The Balaban J connectivity index is 1.90. The summed E-state index contributed by atoms with van der Waals surface area (Å²) in [6, 6.07) is 7.32. The topological polar surface area (TPSA) is 84.7 Å². The minimum Gasteiger partial charge on any atom is -0.497 e. The lowest BCUT2D eigenvalue weighted by Gasteiger charge is -2.41. The minimum atomic E-state index is -0.796. The molecule has 1 aliphatic heterocycles. The van der Waals surface area contributed by atoms with Crippen molar-refractivity contribution in [2.24, 2.45) is 11.8 Å². The van der Waals surface area contributed by atoms with E-state index in [0.717, 1.165) is 11.3 Å². The summed E-state index contributed by atoms with van der Waals surface area (Å²) in [4.78, 5) is 30.7. The number of carboxylic acids is 1. The maximum Gasteiger partial charge on any atom is 0.306 e. The standard InChI is InChI=1S/C20H24ClN3O4/c1-12-13(2)24(9-8-16(12)20(26)27)18-19(25)23(11-17(21)22-18)10-14-4-6-15(28-3)7-5-14/h4-7,11-13,16H,8-10H2,1-3H3,(H,26,27). The second-order valence-electron chi connectivity index (χ2n) is 7.19. The Morgan fingerprint density at radius 3 is 2.61 bits per heavy atom. The SMILES string of the molecule is COc1ccc(Cn2cc(Cl)nc(N3CCC(C(=O)O)C(C)C3C)c2=O)cc1. The first-order chi connectivity index (χ1) is 13.3. The van der Waals surface area contributed by atoms with Gasteiger partial charge in [-0.15, -0.1) is 0 Å². The van der Waals surface area contributed by atoms with Gasteiger partial charge in [0, 0.05) is 18.8 Å². The molecule has 1 aromatic carbocycles. The van der Waals surface area contributed by atoms with Crippen LogP contribution < -0.4 is 15.2 Å². The van der Waals surface area contributed by atoms with E-state index in [2.05, 4.69) is 4.98 Å². The van der Waals surface area contributed by atoms with E-state index in [4.69, 9.17) is 16.3 Å². The molecule has 1 aliphatic rings. The Hall–Kier alpha value is -2.54. The maximum atomic E-state index is 13.1. The Morgan fingerprint density at radius 1 is 1.32 bits per heavy atom. The molecule has 2 heterocycles. The molecule has 3 rings (SSSR count). The van der Waals surface area contributed by atoms with E-state index in [-0.39, 0.29) is 28.5 Å². The number of methoxy groups -OCH3 is 1. The molecule has 1 aromatic heterocycles. The molecule has 0 amide bonds. The third-order valence-electron chi connectivity index (χ3n) is 5.60. The van der Waals surface area contributed by atoms with Gasteiger partial charge in [-0.1, -0.05) is 30.7 Å². The van der Waals surface area contributed by atoms with Crippen LogP contribution in [0.3, 0.4) is 0 Å². The van der Waals surface area contributed by atoms with Crippen LogP contribution in [0.5, 0.6) is 5.75 Å². The minimum absolute atomic E-state index is 0.110. The summed E-state index contributed by atoms with van der Waals surface area (Å²) in [7, 11) is 1.60. The van der Waals surface area contributed by atoms with E-state index < -0.39 is 11.9 Å². The Bertz CT molecular complexity index is 913.